The Hall–Kier alpha value is -2.37. The van der Waals surface area contributed by atoms with Gasteiger partial charge < -0.3 is 15.1 Å². The zero-order valence-corrected chi connectivity index (χ0v) is 13.7. The highest BCUT2D eigenvalue weighted by molar-refractivity contribution is 5.97. The van der Waals surface area contributed by atoms with Crippen LogP contribution in [-0.4, -0.2) is 59.7 Å². The van der Waals surface area contributed by atoms with E-state index < -0.39 is 6.04 Å². The highest BCUT2D eigenvalue weighted by atomic mass is 16.2. The van der Waals surface area contributed by atoms with E-state index in [4.69, 9.17) is 0 Å². The molecular formula is C18H23N3O3. The van der Waals surface area contributed by atoms with Crippen LogP contribution in [0.1, 0.15) is 36.0 Å². The molecule has 3 rings (SSSR count). The van der Waals surface area contributed by atoms with Crippen molar-refractivity contribution in [1.82, 2.24) is 15.1 Å². The van der Waals surface area contributed by atoms with Crippen LogP contribution in [0, 0.1) is 0 Å². The van der Waals surface area contributed by atoms with Gasteiger partial charge in [-0.3, -0.25) is 14.4 Å². The second-order valence-electron chi connectivity index (χ2n) is 6.30. The molecule has 1 N–H and O–H groups in total. The summed E-state index contributed by atoms with van der Waals surface area (Å²) in [5, 5.41) is 2.78. The van der Waals surface area contributed by atoms with Gasteiger partial charge in [-0.1, -0.05) is 18.2 Å². The molecule has 0 aromatic heterocycles. The number of rotatable bonds is 2. The Labute approximate surface area is 141 Å². The largest absolute Gasteiger partial charge is 0.354 e. The van der Waals surface area contributed by atoms with Gasteiger partial charge in [-0.15, -0.1) is 0 Å². The van der Waals surface area contributed by atoms with Crippen molar-refractivity contribution in [2.45, 2.75) is 31.7 Å². The molecule has 128 valence electrons. The van der Waals surface area contributed by atoms with Gasteiger partial charge in [-0.05, 0) is 31.4 Å². The maximum atomic E-state index is 13.0. The van der Waals surface area contributed by atoms with Gasteiger partial charge >= 0.3 is 0 Å². The predicted octanol–water partition coefficient (Wildman–Crippen LogP) is 1.03. The molecule has 0 aliphatic carbocycles. The number of benzene rings is 1. The van der Waals surface area contributed by atoms with Crippen LogP contribution in [0.4, 0.5) is 0 Å². The summed E-state index contributed by atoms with van der Waals surface area (Å²) in [4.78, 5) is 40.7. The molecule has 2 fully saturated rings. The summed E-state index contributed by atoms with van der Waals surface area (Å²) in [5.41, 5.74) is 0.616. The molecule has 0 bridgehead atoms. The summed E-state index contributed by atoms with van der Waals surface area (Å²) in [6.45, 7) is 2.02. The van der Waals surface area contributed by atoms with Crippen molar-refractivity contribution >= 4 is 17.7 Å². The highest BCUT2D eigenvalue weighted by Crippen LogP contribution is 2.22. The fraction of sp³-hybridized carbons (Fsp3) is 0.500. The van der Waals surface area contributed by atoms with Crippen LogP contribution in [0.25, 0.3) is 0 Å². The van der Waals surface area contributed by atoms with Crippen LogP contribution in [0.15, 0.2) is 30.3 Å². The Morgan fingerprint density at radius 3 is 2.62 bits per heavy atom. The van der Waals surface area contributed by atoms with E-state index >= 15 is 0 Å². The number of nitrogens with one attached hydrogen (secondary N) is 1. The third kappa shape index (κ3) is 3.58. The second-order valence-corrected chi connectivity index (χ2v) is 6.30. The standard InChI is InChI=1S/C18H23N3O3/c22-16-9-12-20(13-10-19-16)18(24)15-8-4-5-11-21(15)17(23)14-6-2-1-3-7-14/h1-3,6-7,15H,4-5,8-13H2,(H,19,22)/t15-/m1/s1. The van der Waals surface area contributed by atoms with Crippen LogP contribution in [0.5, 0.6) is 0 Å². The van der Waals surface area contributed by atoms with Crippen molar-refractivity contribution in [2.75, 3.05) is 26.2 Å². The molecule has 2 heterocycles. The molecule has 0 unspecified atom stereocenters. The molecule has 2 aliphatic rings. The number of carbonyl (C=O) groups excluding carboxylic acids is 3. The summed E-state index contributed by atoms with van der Waals surface area (Å²) >= 11 is 0. The highest BCUT2D eigenvalue weighted by Gasteiger charge is 2.35. The van der Waals surface area contributed by atoms with Crippen molar-refractivity contribution < 1.29 is 14.4 Å². The van der Waals surface area contributed by atoms with E-state index in [-0.39, 0.29) is 17.7 Å². The number of nitrogens with zero attached hydrogens (tertiary/aromatic N) is 2. The van der Waals surface area contributed by atoms with Gasteiger partial charge in [0.05, 0.1) is 0 Å². The monoisotopic (exact) mass is 329 g/mol. The first-order valence-electron chi connectivity index (χ1n) is 8.58. The Morgan fingerprint density at radius 2 is 1.83 bits per heavy atom. The lowest BCUT2D eigenvalue weighted by Crippen LogP contribution is -2.53. The Morgan fingerprint density at radius 1 is 1.04 bits per heavy atom. The average Bonchev–Trinajstić information content (AvgIpc) is 2.86. The minimum atomic E-state index is -0.417. The lowest BCUT2D eigenvalue weighted by Gasteiger charge is -2.37. The van der Waals surface area contributed by atoms with Gasteiger partial charge in [0.15, 0.2) is 0 Å². The number of amides is 3. The molecular weight excluding hydrogens is 306 g/mol. The minimum Gasteiger partial charge on any atom is -0.354 e. The average molecular weight is 329 g/mol. The molecule has 0 saturated carbocycles. The number of piperidine rings is 1. The third-order valence-corrected chi connectivity index (χ3v) is 4.69. The second kappa shape index (κ2) is 7.47. The van der Waals surface area contributed by atoms with Gasteiger partial charge in [0.2, 0.25) is 11.8 Å². The Kier molecular flexibility index (Phi) is 5.13. The van der Waals surface area contributed by atoms with E-state index in [0.717, 1.165) is 12.8 Å². The maximum Gasteiger partial charge on any atom is 0.254 e. The first kappa shape index (κ1) is 16.5. The lowest BCUT2D eigenvalue weighted by atomic mass is 9.99. The molecule has 2 saturated heterocycles. The molecule has 6 nitrogen and oxygen atoms in total. The van der Waals surface area contributed by atoms with Crippen molar-refractivity contribution in [2.24, 2.45) is 0 Å². The molecule has 1 atom stereocenters. The topological polar surface area (TPSA) is 69.7 Å². The van der Waals surface area contributed by atoms with E-state index in [1.54, 1.807) is 21.9 Å². The van der Waals surface area contributed by atoms with E-state index in [1.165, 1.54) is 0 Å². The maximum absolute atomic E-state index is 13.0. The van der Waals surface area contributed by atoms with Gasteiger partial charge in [0.25, 0.3) is 5.91 Å². The van der Waals surface area contributed by atoms with Crippen molar-refractivity contribution in [3.8, 4) is 0 Å². The van der Waals surface area contributed by atoms with Gasteiger partial charge in [-0.2, -0.15) is 0 Å². The summed E-state index contributed by atoms with van der Waals surface area (Å²) in [7, 11) is 0. The fourth-order valence-electron chi connectivity index (χ4n) is 3.38. The number of likely N-dealkylation sites (tertiary alicyclic amines) is 1. The minimum absolute atomic E-state index is 0.0221. The summed E-state index contributed by atoms with van der Waals surface area (Å²) in [6, 6.07) is 8.69. The molecule has 0 radical (unpaired) electrons. The zero-order chi connectivity index (χ0) is 16.9. The smallest absolute Gasteiger partial charge is 0.254 e. The molecule has 1 aromatic rings. The van der Waals surface area contributed by atoms with Gasteiger partial charge in [0, 0.05) is 38.2 Å². The third-order valence-electron chi connectivity index (χ3n) is 4.69. The van der Waals surface area contributed by atoms with E-state index in [1.807, 2.05) is 18.2 Å². The summed E-state index contributed by atoms with van der Waals surface area (Å²) < 4.78 is 0. The van der Waals surface area contributed by atoms with Crippen molar-refractivity contribution in [1.29, 1.82) is 0 Å². The van der Waals surface area contributed by atoms with Gasteiger partial charge in [0.1, 0.15) is 6.04 Å². The molecule has 24 heavy (non-hydrogen) atoms. The van der Waals surface area contributed by atoms with Crippen LogP contribution in [0.2, 0.25) is 0 Å². The van der Waals surface area contributed by atoms with E-state index in [0.29, 0.717) is 44.6 Å². The molecule has 6 heteroatoms. The van der Waals surface area contributed by atoms with Crippen LogP contribution >= 0.6 is 0 Å². The van der Waals surface area contributed by atoms with Crippen LogP contribution in [-0.2, 0) is 9.59 Å². The van der Waals surface area contributed by atoms with Gasteiger partial charge in [-0.25, -0.2) is 0 Å². The number of carbonyl (C=O) groups is 3. The normalized spacial score (nSPS) is 21.8. The predicted molar refractivity (Wildman–Crippen MR) is 89.3 cm³/mol. The van der Waals surface area contributed by atoms with Crippen LogP contribution < -0.4 is 5.32 Å². The first-order chi connectivity index (χ1) is 11.7. The first-order valence-corrected chi connectivity index (χ1v) is 8.58. The SMILES string of the molecule is O=C1CCN(C(=O)[C@H]2CCCCN2C(=O)c2ccccc2)CCN1. The van der Waals surface area contributed by atoms with Crippen molar-refractivity contribution in [3.63, 3.8) is 0 Å². The zero-order valence-electron chi connectivity index (χ0n) is 13.7. The van der Waals surface area contributed by atoms with Crippen molar-refractivity contribution in [3.05, 3.63) is 35.9 Å². The quantitative estimate of drug-likeness (QED) is 0.881. The van der Waals surface area contributed by atoms with E-state index in [2.05, 4.69) is 5.32 Å². The fourth-order valence-corrected chi connectivity index (χ4v) is 3.38. The molecule has 3 amide bonds. The van der Waals surface area contributed by atoms with Crippen LogP contribution in [0.3, 0.4) is 0 Å². The lowest BCUT2D eigenvalue weighted by molar-refractivity contribution is -0.137. The Bertz CT molecular complexity index is 617. The number of hydrogen-bond acceptors (Lipinski definition) is 3. The Balaban J connectivity index is 1.75. The molecule has 1 aromatic carbocycles. The molecule has 2 aliphatic heterocycles. The number of hydrogen-bond donors (Lipinski definition) is 1. The van der Waals surface area contributed by atoms with E-state index in [9.17, 15) is 14.4 Å². The summed E-state index contributed by atoms with van der Waals surface area (Å²) in [5.74, 6) is -0.140. The summed E-state index contributed by atoms with van der Waals surface area (Å²) in [6.07, 6.45) is 2.88. The molecule has 0 spiro atoms.